The van der Waals surface area contributed by atoms with Crippen LogP contribution in [0.5, 0.6) is 5.75 Å². The molecule has 2 nitrogen and oxygen atoms in total. The fourth-order valence-corrected chi connectivity index (χ4v) is 5.95. The highest BCUT2D eigenvalue weighted by Gasteiger charge is 2.49. The lowest BCUT2D eigenvalue weighted by atomic mass is 9.55. The van der Waals surface area contributed by atoms with Gasteiger partial charge in [-0.25, -0.2) is 0 Å². The Morgan fingerprint density at radius 2 is 1.70 bits per heavy atom. The minimum absolute atomic E-state index is 0. The summed E-state index contributed by atoms with van der Waals surface area (Å²) in [5, 5.41) is 0. The first kappa shape index (κ1) is 17.3. The first-order chi connectivity index (χ1) is 10.6. The molecule has 0 aromatic heterocycles. The van der Waals surface area contributed by atoms with Gasteiger partial charge in [0.05, 0.1) is 0 Å². The molecular weight excluding hydrogens is 326 g/mol. The summed E-state index contributed by atoms with van der Waals surface area (Å²) in [6.07, 6.45) is 9.70. The first-order valence-electron chi connectivity index (χ1n) is 8.68. The van der Waals surface area contributed by atoms with E-state index in [2.05, 4.69) is 25.3 Å². The van der Waals surface area contributed by atoms with E-state index in [4.69, 9.17) is 10.5 Å². The molecule has 0 atom stereocenters. The van der Waals surface area contributed by atoms with Gasteiger partial charge < -0.3 is 10.5 Å². The Labute approximate surface area is 150 Å². The zero-order valence-corrected chi connectivity index (χ0v) is 15.7. The molecule has 4 fully saturated rings. The van der Waals surface area contributed by atoms with Crippen LogP contribution in [-0.4, -0.2) is 12.4 Å². The predicted octanol–water partition coefficient (Wildman–Crippen LogP) is 5.07. The lowest BCUT2D eigenvalue weighted by Gasteiger charge is -2.53. The molecule has 23 heavy (non-hydrogen) atoms. The van der Waals surface area contributed by atoms with Crippen LogP contribution in [0.4, 0.5) is 5.69 Å². The van der Waals surface area contributed by atoms with E-state index in [-0.39, 0.29) is 12.4 Å². The normalized spacial score (nSPS) is 34.3. The number of hydrogen-bond donors (Lipinski definition) is 1. The Kier molecular flexibility index (Phi) is 5.08. The number of ether oxygens (including phenoxy) is 1. The molecule has 4 aliphatic carbocycles. The Morgan fingerprint density at radius 1 is 1.09 bits per heavy atom. The summed E-state index contributed by atoms with van der Waals surface area (Å²) in [5.41, 5.74) is 9.54. The SMILES string of the molecule is CSCc1cc(OC2C3CC4CC(C3)CC2C4)cc(C)c1N.Cl. The molecule has 0 saturated heterocycles. The maximum atomic E-state index is 6.55. The lowest BCUT2D eigenvalue weighted by molar-refractivity contribution is -0.0790. The Hall–Kier alpha value is -0.540. The monoisotopic (exact) mass is 353 g/mol. The second kappa shape index (κ2) is 6.76. The summed E-state index contributed by atoms with van der Waals surface area (Å²) in [7, 11) is 0. The van der Waals surface area contributed by atoms with Crippen molar-refractivity contribution >= 4 is 29.9 Å². The number of halogens is 1. The first-order valence-corrected chi connectivity index (χ1v) is 10.1. The molecule has 0 aliphatic heterocycles. The van der Waals surface area contributed by atoms with Crippen LogP contribution >= 0.6 is 24.2 Å². The highest BCUT2D eigenvalue weighted by atomic mass is 35.5. The maximum absolute atomic E-state index is 6.55. The number of hydrogen-bond acceptors (Lipinski definition) is 3. The van der Waals surface area contributed by atoms with Gasteiger partial charge >= 0.3 is 0 Å². The van der Waals surface area contributed by atoms with Gasteiger partial charge in [0, 0.05) is 11.4 Å². The molecule has 0 heterocycles. The number of aryl methyl sites for hydroxylation is 1. The highest BCUT2D eigenvalue weighted by Crippen LogP contribution is 2.54. The van der Waals surface area contributed by atoms with Crippen molar-refractivity contribution in [1.29, 1.82) is 0 Å². The minimum atomic E-state index is 0. The maximum Gasteiger partial charge on any atom is 0.120 e. The number of anilines is 1. The standard InChI is InChI=1S/C19H27NOS.ClH/c1-11-3-17(9-16(10-22-2)18(11)20)21-19-14-5-12-4-13(7-14)8-15(19)6-12;/h3,9,12-15,19H,4-8,10,20H2,1-2H3;1H. The van der Waals surface area contributed by atoms with Crippen LogP contribution in [0.1, 0.15) is 43.2 Å². The van der Waals surface area contributed by atoms with Crippen molar-refractivity contribution in [2.75, 3.05) is 12.0 Å². The van der Waals surface area contributed by atoms with Gasteiger partial charge in [-0.3, -0.25) is 0 Å². The topological polar surface area (TPSA) is 35.2 Å². The summed E-state index contributed by atoms with van der Waals surface area (Å²) < 4.78 is 6.55. The van der Waals surface area contributed by atoms with E-state index in [9.17, 15) is 0 Å². The number of thioether (sulfide) groups is 1. The van der Waals surface area contributed by atoms with Crippen LogP contribution in [0.25, 0.3) is 0 Å². The molecule has 4 bridgehead atoms. The number of benzene rings is 1. The van der Waals surface area contributed by atoms with Gasteiger partial charge in [0.15, 0.2) is 0 Å². The number of nitrogens with two attached hydrogens (primary N) is 1. The van der Waals surface area contributed by atoms with Gasteiger partial charge in [-0.1, -0.05) is 0 Å². The van der Waals surface area contributed by atoms with Crippen LogP contribution in [0.3, 0.4) is 0 Å². The van der Waals surface area contributed by atoms with Crippen LogP contribution in [0, 0.1) is 30.6 Å². The highest BCUT2D eigenvalue weighted by molar-refractivity contribution is 7.97. The van der Waals surface area contributed by atoms with Gasteiger partial charge in [0.2, 0.25) is 0 Å². The summed E-state index contributed by atoms with van der Waals surface area (Å²) in [4.78, 5) is 0. The van der Waals surface area contributed by atoms with Crippen molar-refractivity contribution < 1.29 is 4.74 Å². The average Bonchev–Trinajstić information content (AvgIpc) is 2.47. The molecule has 4 aliphatic rings. The molecular formula is C19H28ClNOS. The smallest absolute Gasteiger partial charge is 0.120 e. The van der Waals surface area contributed by atoms with E-state index >= 15 is 0 Å². The largest absolute Gasteiger partial charge is 0.490 e. The van der Waals surface area contributed by atoms with Crippen molar-refractivity contribution in [3.05, 3.63) is 23.3 Å². The molecule has 0 spiro atoms. The third-order valence-electron chi connectivity index (χ3n) is 6.16. The van der Waals surface area contributed by atoms with Crippen molar-refractivity contribution in [3.8, 4) is 5.75 Å². The van der Waals surface area contributed by atoms with E-state index in [1.807, 2.05) is 11.8 Å². The lowest BCUT2D eigenvalue weighted by Crippen LogP contribution is -2.50. The van der Waals surface area contributed by atoms with E-state index in [1.165, 1.54) is 37.7 Å². The third kappa shape index (κ3) is 3.19. The molecule has 5 rings (SSSR count). The van der Waals surface area contributed by atoms with Crippen LogP contribution in [0.2, 0.25) is 0 Å². The van der Waals surface area contributed by atoms with Gasteiger partial charge in [-0.05, 0) is 92.2 Å². The second-order valence-corrected chi connectivity index (χ2v) is 8.63. The van der Waals surface area contributed by atoms with Crippen LogP contribution in [-0.2, 0) is 5.75 Å². The van der Waals surface area contributed by atoms with Gasteiger partial charge in [-0.2, -0.15) is 11.8 Å². The molecule has 1 aromatic carbocycles. The molecule has 0 unspecified atom stereocenters. The fourth-order valence-electron chi connectivity index (χ4n) is 5.40. The molecule has 4 saturated carbocycles. The summed E-state index contributed by atoms with van der Waals surface area (Å²) >= 11 is 1.82. The Morgan fingerprint density at radius 3 is 2.26 bits per heavy atom. The predicted molar refractivity (Wildman–Crippen MR) is 102 cm³/mol. The van der Waals surface area contributed by atoms with E-state index in [0.717, 1.165) is 46.4 Å². The summed E-state index contributed by atoms with van der Waals surface area (Å²) in [6, 6.07) is 4.33. The molecule has 2 N–H and O–H groups in total. The van der Waals surface area contributed by atoms with Crippen LogP contribution < -0.4 is 10.5 Å². The van der Waals surface area contributed by atoms with Crippen molar-refractivity contribution in [2.24, 2.45) is 23.7 Å². The average molecular weight is 354 g/mol. The zero-order chi connectivity index (χ0) is 15.3. The minimum Gasteiger partial charge on any atom is -0.490 e. The molecule has 0 amide bonds. The van der Waals surface area contributed by atoms with Crippen molar-refractivity contribution in [2.45, 2.75) is 50.9 Å². The Bertz CT molecular complexity index is 549. The Balaban J connectivity index is 0.00000156. The van der Waals surface area contributed by atoms with Gasteiger partial charge in [0.25, 0.3) is 0 Å². The van der Waals surface area contributed by atoms with Crippen molar-refractivity contribution in [3.63, 3.8) is 0 Å². The van der Waals surface area contributed by atoms with E-state index in [1.54, 1.807) is 0 Å². The zero-order valence-electron chi connectivity index (χ0n) is 14.1. The summed E-state index contributed by atoms with van der Waals surface area (Å²) in [5.74, 6) is 5.63. The number of nitrogen functional groups attached to an aromatic ring is 1. The molecule has 4 heteroatoms. The number of rotatable bonds is 4. The van der Waals surface area contributed by atoms with E-state index < -0.39 is 0 Å². The third-order valence-corrected chi connectivity index (χ3v) is 6.76. The van der Waals surface area contributed by atoms with Crippen LogP contribution in [0.15, 0.2) is 12.1 Å². The fraction of sp³-hybridized carbons (Fsp3) is 0.684. The quantitative estimate of drug-likeness (QED) is 0.768. The van der Waals surface area contributed by atoms with Gasteiger partial charge in [0.1, 0.15) is 11.9 Å². The van der Waals surface area contributed by atoms with E-state index in [0.29, 0.717) is 6.10 Å². The summed E-state index contributed by atoms with van der Waals surface area (Å²) in [6.45, 7) is 2.10. The second-order valence-electron chi connectivity index (χ2n) is 7.76. The molecule has 0 radical (unpaired) electrons. The van der Waals surface area contributed by atoms with Gasteiger partial charge in [-0.15, -0.1) is 12.4 Å². The molecule has 128 valence electrons. The van der Waals surface area contributed by atoms with Crippen molar-refractivity contribution in [1.82, 2.24) is 0 Å². The molecule has 1 aromatic rings.